The zero-order chi connectivity index (χ0) is 20.9. The van der Waals surface area contributed by atoms with Crippen LogP contribution in [0.5, 0.6) is 0 Å². The molecule has 0 aliphatic heterocycles. The number of sulfone groups is 1. The second-order valence-corrected chi connectivity index (χ2v) is 9.64. The van der Waals surface area contributed by atoms with Gasteiger partial charge in [0.05, 0.1) is 4.90 Å². The Kier molecular flexibility index (Phi) is 7.80. The van der Waals surface area contributed by atoms with Crippen molar-refractivity contribution in [3.05, 3.63) is 58.1 Å². The van der Waals surface area contributed by atoms with Gasteiger partial charge in [0.2, 0.25) is 0 Å². The SMILES string of the molecule is CCN(CC)CCN(C(=O)c1cc(S(C)(=O)=O)ccc1C)c1cccc(Br)c1. The van der Waals surface area contributed by atoms with E-state index in [1.54, 1.807) is 17.0 Å². The molecular weight excluding hydrogens is 440 g/mol. The number of carbonyl (C=O) groups excluding carboxylic acids is 1. The Morgan fingerprint density at radius 2 is 1.71 bits per heavy atom. The normalized spacial score (nSPS) is 11.6. The van der Waals surface area contributed by atoms with E-state index in [1.165, 1.54) is 6.07 Å². The van der Waals surface area contributed by atoms with Gasteiger partial charge in [-0.1, -0.05) is 41.9 Å². The third-order valence-corrected chi connectivity index (χ3v) is 6.37. The zero-order valence-electron chi connectivity index (χ0n) is 16.8. The van der Waals surface area contributed by atoms with Crippen molar-refractivity contribution in [1.29, 1.82) is 0 Å². The van der Waals surface area contributed by atoms with E-state index in [2.05, 4.69) is 34.7 Å². The molecule has 0 radical (unpaired) electrons. The van der Waals surface area contributed by atoms with Crippen molar-refractivity contribution in [2.24, 2.45) is 0 Å². The predicted molar refractivity (Wildman–Crippen MR) is 118 cm³/mol. The third-order valence-electron chi connectivity index (χ3n) is 4.77. The van der Waals surface area contributed by atoms with E-state index >= 15 is 0 Å². The average molecular weight is 467 g/mol. The topological polar surface area (TPSA) is 57.7 Å². The number of halogens is 1. The number of hydrogen-bond donors (Lipinski definition) is 0. The summed E-state index contributed by atoms with van der Waals surface area (Å²) >= 11 is 3.47. The van der Waals surface area contributed by atoms with Gasteiger partial charge < -0.3 is 9.80 Å². The van der Waals surface area contributed by atoms with Crippen LogP contribution in [0.4, 0.5) is 5.69 Å². The second kappa shape index (κ2) is 9.67. The molecule has 0 saturated carbocycles. The molecule has 0 fully saturated rings. The summed E-state index contributed by atoms with van der Waals surface area (Å²) in [5.41, 5.74) is 1.93. The summed E-state index contributed by atoms with van der Waals surface area (Å²) in [7, 11) is -3.39. The molecule has 2 rings (SSSR count). The van der Waals surface area contributed by atoms with Crippen molar-refractivity contribution in [3.63, 3.8) is 0 Å². The first-order valence-electron chi connectivity index (χ1n) is 9.27. The first-order valence-corrected chi connectivity index (χ1v) is 12.0. The standard InChI is InChI=1S/C21H27BrN2O3S/c1-5-23(6-2)12-13-24(18-9-7-8-17(22)14-18)21(25)20-15-19(28(4,26)27)11-10-16(20)3/h7-11,14-15H,5-6,12-13H2,1-4H3. The molecule has 7 heteroatoms. The number of amides is 1. The van der Waals surface area contributed by atoms with E-state index in [4.69, 9.17) is 0 Å². The molecule has 0 aliphatic rings. The van der Waals surface area contributed by atoms with Crippen molar-refractivity contribution in [1.82, 2.24) is 4.90 Å². The minimum atomic E-state index is -3.39. The molecule has 0 atom stereocenters. The van der Waals surface area contributed by atoms with Crippen LogP contribution in [0.1, 0.15) is 29.8 Å². The lowest BCUT2D eigenvalue weighted by Gasteiger charge is -2.27. The van der Waals surface area contributed by atoms with Crippen LogP contribution in [-0.4, -0.2) is 51.7 Å². The van der Waals surface area contributed by atoms with Crippen molar-refractivity contribution in [2.75, 3.05) is 37.3 Å². The molecule has 0 N–H and O–H groups in total. The Bertz CT molecular complexity index is 940. The fourth-order valence-corrected chi connectivity index (χ4v) is 4.02. The number of hydrogen-bond acceptors (Lipinski definition) is 4. The molecule has 0 unspecified atom stereocenters. The number of likely N-dealkylation sites (N-methyl/N-ethyl adjacent to an activating group) is 1. The smallest absolute Gasteiger partial charge is 0.258 e. The molecular formula is C21H27BrN2O3S. The summed E-state index contributed by atoms with van der Waals surface area (Å²) in [6, 6.07) is 12.3. The molecule has 28 heavy (non-hydrogen) atoms. The lowest BCUT2D eigenvalue weighted by Crippen LogP contribution is -2.39. The van der Waals surface area contributed by atoms with Gasteiger partial charge in [0, 0.05) is 35.1 Å². The molecule has 2 aromatic rings. The van der Waals surface area contributed by atoms with E-state index in [0.29, 0.717) is 12.1 Å². The Morgan fingerprint density at radius 3 is 2.29 bits per heavy atom. The number of rotatable bonds is 8. The Balaban J connectivity index is 2.46. The van der Waals surface area contributed by atoms with Gasteiger partial charge in [0.25, 0.3) is 5.91 Å². The summed E-state index contributed by atoms with van der Waals surface area (Å²) in [4.78, 5) is 17.6. The van der Waals surface area contributed by atoms with Crippen LogP contribution in [0.25, 0.3) is 0 Å². The highest BCUT2D eigenvalue weighted by Gasteiger charge is 2.22. The van der Waals surface area contributed by atoms with Gasteiger partial charge >= 0.3 is 0 Å². The largest absolute Gasteiger partial charge is 0.307 e. The van der Waals surface area contributed by atoms with E-state index < -0.39 is 9.84 Å². The molecule has 0 aliphatic carbocycles. The summed E-state index contributed by atoms with van der Waals surface area (Å²) in [6.07, 6.45) is 1.15. The maximum Gasteiger partial charge on any atom is 0.258 e. The average Bonchev–Trinajstić information content (AvgIpc) is 2.64. The van der Waals surface area contributed by atoms with E-state index in [1.807, 2.05) is 31.2 Å². The van der Waals surface area contributed by atoms with E-state index in [-0.39, 0.29) is 10.8 Å². The van der Waals surface area contributed by atoms with Crippen LogP contribution in [0.2, 0.25) is 0 Å². The molecule has 0 spiro atoms. The summed E-state index contributed by atoms with van der Waals surface area (Å²) in [5, 5.41) is 0. The maximum atomic E-state index is 13.4. The molecule has 5 nitrogen and oxygen atoms in total. The van der Waals surface area contributed by atoms with Gasteiger partial charge in [-0.15, -0.1) is 0 Å². The monoisotopic (exact) mass is 466 g/mol. The third kappa shape index (κ3) is 5.65. The van der Waals surface area contributed by atoms with E-state index in [0.717, 1.165) is 41.6 Å². The van der Waals surface area contributed by atoms with Gasteiger partial charge in [-0.2, -0.15) is 0 Å². The van der Waals surface area contributed by atoms with Crippen LogP contribution in [0.15, 0.2) is 51.8 Å². The minimum absolute atomic E-state index is 0.152. The van der Waals surface area contributed by atoms with Crippen LogP contribution >= 0.6 is 15.9 Å². The van der Waals surface area contributed by atoms with Crippen molar-refractivity contribution in [2.45, 2.75) is 25.7 Å². The van der Waals surface area contributed by atoms with Gasteiger partial charge in [-0.05, 0) is 55.9 Å². The Morgan fingerprint density at radius 1 is 1.04 bits per heavy atom. The Hall–Kier alpha value is -1.70. The molecule has 0 bridgehead atoms. The predicted octanol–water partition coefficient (Wildman–Crippen LogP) is 4.15. The first kappa shape index (κ1) is 22.6. The second-order valence-electron chi connectivity index (χ2n) is 6.71. The number of carbonyl (C=O) groups is 1. The molecule has 0 aromatic heterocycles. The summed E-state index contributed by atoms with van der Waals surface area (Å²) in [6.45, 7) is 9.06. The van der Waals surface area contributed by atoms with Crippen molar-refractivity contribution in [3.8, 4) is 0 Å². The highest BCUT2D eigenvalue weighted by Crippen LogP contribution is 2.24. The number of aryl methyl sites for hydroxylation is 1. The fourth-order valence-electron chi connectivity index (χ4n) is 2.98. The van der Waals surface area contributed by atoms with Crippen molar-refractivity contribution < 1.29 is 13.2 Å². The van der Waals surface area contributed by atoms with Crippen molar-refractivity contribution >= 4 is 37.4 Å². The first-order chi connectivity index (χ1) is 13.2. The minimum Gasteiger partial charge on any atom is -0.307 e. The molecule has 2 aromatic carbocycles. The van der Waals surface area contributed by atoms with Crippen LogP contribution in [-0.2, 0) is 9.84 Å². The Labute approximate surface area is 176 Å². The summed E-state index contributed by atoms with van der Waals surface area (Å²) in [5.74, 6) is -0.201. The fraction of sp³-hybridized carbons (Fsp3) is 0.381. The highest BCUT2D eigenvalue weighted by atomic mass is 79.9. The highest BCUT2D eigenvalue weighted by molar-refractivity contribution is 9.10. The number of anilines is 1. The van der Waals surface area contributed by atoms with Gasteiger partial charge in [-0.3, -0.25) is 4.79 Å². The molecule has 1 amide bonds. The lowest BCUT2D eigenvalue weighted by molar-refractivity contribution is 0.0983. The number of benzene rings is 2. The van der Waals surface area contributed by atoms with Gasteiger partial charge in [0.15, 0.2) is 9.84 Å². The lowest BCUT2D eigenvalue weighted by atomic mass is 10.1. The number of nitrogens with zero attached hydrogens (tertiary/aromatic N) is 2. The van der Waals surface area contributed by atoms with E-state index in [9.17, 15) is 13.2 Å². The maximum absolute atomic E-state index is 13.4. The van der Waals surface area contributed by atoms with Gasteiger partial charge in [-0.25, -0.2) is 8.42 Å². The van der Waals surface area contributed by atoms with Crippen LogP contribution in [0.3, 0.4) is 0 Å². The molecule has 0 saturated heterocycles. The van der Waals surface area contributed by atoms with Gasteiger partial charge in [0.1, 0.15) is 0 Å². The zero-order valence-corrected chi connectivity index (χ0v) is 19.2. The quantitative estimate of drug-likeness (QED) is 0.586. The van der Waals surface area contributed by atoms with Crippen LogP contribution in [0, 0.1) is 6.92 Å². The van der Waals surface area contributed by atoms with Crippen LogP contribution < -0.4 is 4.90 Å². The summed E-state index contributed by atoms with van der Waals surface area (Å²) < 4.78 is 24.8. The molecule has 152 valence electrons. The molecule has 0 heterocycles.